The van der Waals surface area contributed by atoms with Gasteiger partial charge in [0.05, 0.1) is 10.4 Å². The minimum absolute atomic E-state index is 0.0451. The van der Waals surface area contributed by atoms with Crippen molar-refractivity contribution < 1.29 is 4.92 Å². The van der Waals surface area contributed by atoms with Gasteiger partial charge in [-0.15, -0.1) is 0 Å². The molecule has 0 radical (unpaired) electrons. The molecule has 0 aliphatic heterocycles. The van der Waals surface area contributed by atoms with E-state index in [-0.39, 0.29) is 5.69 Å². The predicted octanol–water partition coefficient (Wildman–Crippen LogP) is 6.09. The summed E-state index contributed by atoms with van der Waals surface area (Å²) in [4.78, 5) is 15.3. The summed E-state index contributed by atoms with van der Waals surface area (Å²) >= 11 is 6.13. The molecule has 1 aromatic heterocycles. The molecule has 2 aromatic carbocycles. The Morgan fingerprint density at radius 2 is 2.04 bits per heavy atom. The lowest BCUT2D eigenvalue weighted by molar-refractivity contribution is -0.384. The number of nitrogens with one attached hydrogen (secondary N) is 1. The topological polar surface area (TPSA) is 68.1 Å². The Morgan fingerprint density at radius 1 is 1.25 bits per heavy atom. The molecule has 6 heteroatoms. The van der Waals surface area contributed by atoms with Gasteiger partial charge >= 0.3 is 5.69 Å². The fraction of sp³-hybridized carbons (Fsp3) is 0.318. The van der Waals surface area contributed by atoms with Crippen molar-refractivity contribution in [3.63, 3.8) is 0 Å². The number of rotatable bonds is 6. The van der Waals surface area contributed by atoms with Crippen LogP contribution in [0.25, 0.3) is 10.9 Å². The highest BCUT2D eigenvalue weighted by molar-refractivity contribution is 6.31. The van der Waals surface area contributed by atoms with Gasteiger partial charge in [0.2, 0.25) is 0 Å². The lowest BCUT2D eigenvalue weighted by atomic mass is 9.99. The van der Waals surface area contributed by atoms with Gasteiger partial charge in [0.25, 0.3) is 0 Å². The van der Waals surface area contributed by atoms with E-state index in [1.807, 2.05) is 0 Å². The van der Waals surface area contributed by atoms with E-state index in [1.54, 1.807) is 18.2 Å². The van der Waals surface area contributed by atoms with Crippen LogP contribution < -0.4 is 5.32 Å². The first-order chi connectivity index (χ1) is 13.5. The third-order valence-corrected chi connectivity index (χ3v) is 5.85. The van der Waals surface area contributed by atoms with E-state index in [1.165, 1.54) is 23.7 Å². The van der Waals surface area contributed by atoms with Gasteiger partial charge in [-0.3, -0.25) is 10.1 Å². The minimum atomic E-state index is -0.409. The number of benzene rings is 2. The normalized spacial score (nSPS) is 18.2. The molecule has 1 saturated carbocycles. The van der Waals surface area contributed by atoms with E-state index in [2.05, 4.69) is 42.3 Å². The van der Waals surface area contributed by atoms with E-state index in [0.29, 0.717) is 34.1 Å². The van der Waals surface area contributed by atoms with Gasteiger partial charge in [0, 0.05) is 17.0 Å². The van der Waals surface area contributed by atoms with Gasteiger partial charge in [-0.2, -0.15) is 0 Å². The molecule has 0 bridgehead atoms. The number of pyridine rings is 1. The lowest BCUT2D eigenvalue weighted by Gasteiger charge is -2.14. The summed E-state index contributed by atoms with van der Waals surface area (Å²) in [7, 11) is 0. The van der Waals surface area contributed by atoms with Crippen molar-refractivity contribution in [3.05, 3.63) is 74.4 Å². The molecule has 0 amide bonds. The highest BCUT2D eigenvalue weighted by Crippen LogP contribution is 2.47. The number of fused-ring (bicyclic) bond motifs is 1. The van der Waals surface area contributed by atoms with Crippen molar-refractivity contribution >= 4 is 33.9 Å². The first-order valence-corrected chi connectivity index (χ1v) is 9.94. The fourth-order valence-electron chi connectivity index (χ4n) is 3.83. The molecule has 144 valence electrons. The number of aromatic nitrogens is 1. The Balaban J connectivity index is 1.68. The Hall–Kier alpha value is -2.66. The Bertz CT molecular complexity index is 1070. The van der Waals surface area contributed by atoms with Crippen LogP contribution in [0.4, 0.5) is 11.4 Å². The van der Waals surface area contributed by atoms with Crippen LogP contribution in [-0.4, -0.2) is 9.91 Å². The van der Waals surface area contributed by atoms with Crippen LogP contribution in [0.3, 0.4) is 0 Å². The van der Waals surface area contributed by atoms with Crippen molar-refractivity contribution in [2.24, 2.45) is 5.92 Å². The third-order valence-electron chi connectivity index (χ3n) is 5.61. The number of halogens is 1. The summed E-state index contributed by atoms with van der Waals surface area (Å²) in [6, 6.07) is 11.9. The van der Waals surface area contributed by atoms with Crippen LogP contribution in [0.15, 0.2) is 42.6 Å². The average molecular weight is 396 g/mol. The van der Waals surface area contributed by atoms with Crippen molar-refractivity contribution in [1.82, 2.24) is 4.98 Å². The van der Waals surface area contributed by atoms with Crippen molar-refractivity contribution in [3.8, 4) is 0 Å². The molecule has 1 aliphatic rings. The number of hydrogen-bond acceptors (Lipinski definition) is 4. The number of hydrogen-bond donors (Lipinski definition) is 1. The van der Waals surface area contributed by atoms with Gasteiger partial charge < -0.3 is 5.32 Å². The summed E-state index contributed by atoms with van der Waals surface area (Å²) in [5.41, 5.74) is 4.92. The maximum Gasteiger partial charge on any atom is 0.311 e. The molecule has 0 spiro atoms. The molecule has 1 N–H and O–H groups in total. The van der Waals surface area contributed by atoms with Gasteiger partial charge in [-0.1, -0.05) is 43.6 Å². The zero-order valence-electron chi connectivity index (χ0n) is 15.9. The molecule has 1 aliphatic carbocycles. The van der Waals surface area contributed by atoms with E-state index in [4.69, 9.17) is 11.6 Å². The standard InChI is InChI=1S/C22H22ClN3O2/c1-3-14-9-15(18-8-13(18)2)4-5-16(14)11-25-22-19-10-17(23)6-7-20(19)24-12-21(22)26(27)28/h4-7,9-10,12-13,18H,3,8,11H2,1-2H3,(H,24,25). The zero-order chi connectivity index (χ0) is 19.8. The van der Waals surface area contributed by atoms with E-state index >= 15 is 0 Å². The summed E-state index contributed by atoms with van der Waals surface area (Å²) in [5, 5.41) is 16.0. The molecule has 28 heavy (non-hydrogen) atoms. The zero-order valence-corrected chi connectivity index (χ0v) is 16.7. The van der Waals surface area contributed by atoms with Gasteiger partial charge in [0.1, 0.15) is 11.9 Å². The Morgan fingerprint density at radius 3 is 2.71 bits per heavy atom. The maximum atomic E-state index is 11.5. The van der Waals surface area contributed by atoms with Crippen LogP contribution in [0.2, 0.25) is 5.02 Å². The van der Waals surface area contributed by atoms with Gasteiger partial charge in [-0.05, 0) is 59.6 Å². The quantitative estimate of drug-likeness (QED) is 0.404. The summed E-state index contributed by atoms with van der Waals surface area (Å²) in [6.07, 6.45) is 3.49. The number of aryl methyl sites for hydroxylation is 1. The lowest BCUT2D eigenvalue weighted by Crippen LogP contribution is -2.06. The van der Waals surface area contributed by atoms with Crippen molar-refractivity contribution in [2.45, 2.75) is 39.2 Å². The first kappa shape index (κ1) is 18.7. The molecular formula is C22H22ClN3O2. The Labute approximate surface area is 168 Å². The molecule has 5 nitrogen and oxygen atoms in total. The van der Waals surface area contributed by atoms with E-state index < -0.39 is 4.92 Å². The van der Waals surface area contributed by atoms with Crippen LogP contribution in [0, 0.1) is 16.0 Å². The fourth-order valence-corrected chi connectivity index (χ4v) is 4.00. The molecule has 2 unspecified atom stereocenters. The number of anilines is 1. The van der Waals surface area contributed by atoms with E-state index in [0.717, 1.165) is 17.9 Å². The maximum absolute atomic E-state index is 11.5. The molecule has 2 atom stereocenters. The number of nitrogens with zero attached hydrogens (tertiary/aromatic N) is 2. The first-order valence-electron chi connectivity index (χ1n) is 9.56. The molecule has 4 rings (SSSR count). The van der Waals surface area contributed by atoms with Crippen molar-refractivity contribution in [2.75, 3.05) is 5.32 Å². The second kappa shape index (κ2) is 7.40. The van der Waals surface area contributed by atoms with Crippen LogP contribution in [-0.2, 0) is 13.0 Å². The van der Waals surface area contributed by atoms with Crippen molar-refractivity contribution in [1.29, 1.82) is 0 Å². The molecule has 0 saturated heterocycles. The van der Waals surface area contributed by atoms with Crippen LogP contribution in [0.1, 0.15) is 42.9 Å². The molecule has 1 fully saturated rings. The SMILES string of the molecule is CCc1cc(C2CC2C)ccc1CNc1c([N+](=O)[O-])cnc2ccc(Cl)cc12. The second-order valence-corrected chi connectivity index (χ2v) is 7.93. The van der Waals surface area contributed by atoms with E-state index in [9.17, 15) is 10.1 Å². The smallest absolute Gasteiger partial charge is 0.311 e. The minimum Gasteiger partial charge on any atom is -0.375 e. The van der Waals surface area contributed by atoms with Gasteiger partial charge in [0.15, 0.2) is 0 Å². The molecule has 1 heterocycles. The average Bonchev–Trinajstić information content (AvgIpc) is 3.42. The monoisotopic (exact) mass is 395 g/mol. The second-order valence-electron chi connectivity index (χ2n) is 7.49. The highest BCUT2D eigenvalue weighted by atomic mass is 35.5. The van der Waals surface area contributed by atoms with Crippen LogP contribution in [0.5, 0.6) is 0 Å². The number of nitro groups is 1. The Kier molecular flexibility index (Phi) is 4.94. The van der Waals surface area contributed by atoms with Crippen LogP contribution >= 0.6 is 11.6 Å². The van der Waals surface area contributed by atoms with Gasteiger partial charge in [-0.25, -0.2) is 4.98 Å². The highest BCUT2D eigenvalue weighted by Gasteiger charge is 2.34. The summed E-state index contributed by atoms with van der Waals surface area (Å²) < 4.78 is 0. The largest absolute Gasteiger partial charge is 0.375 e. The molecule has 3 aromatic rings. The summed E-state index contributed by atoms with van der Waals surface area (Å²) in [6.45, 7) is 4.93. The predicted molar refractivity (Wildman–Crippen MR) is 113 cm³/mol. The summed E-state index contributed by atoms with van der Waals surface area (Å²) in [5.74, 6) is 1.45. The third kappa shape index (κ3) is 3.54. The molecular weight excluding hydrogens is 374 g/mol.